The van der Waals surface area contributed by atoms with E-state index in [1.54, 1.807) is 18.2 Å². The monoisotopic (exact) mass is 263 g/mol. The maximum Gasteiger partial charge on any atom is 0.340 e. The van der Waals surface area contributed by atoms with Crippen LogP contribution in [0.4, 0.5) is 0 Å². The minimum Gasteiger partial charge on any atom is -0.497 e. The zero-order valence-electron chi connectivity index (χ0n) is 10.8. The van der Waals surface area contributed by atoms with Gasteiger partial charge in [0, 0.05) is 11.0 Å². The number of ether oxygens (including phenoxy) is 3. The van der Waals surface area contributed by atoms with Crippen LogP contribution in [0.3, 0.4) is 0 Å². The van der Waals surface area contributed by atoms with Crippen LogP contribution in [0.5, 0.6) is 11.5 Å². The van der Waals surface area contributed by atoms with E-state index in [0.29, 0.717) is 17.1 Å². The van der Waals surface area contributed by atoms with Crippen LogP contribution in [0.25, 0.3) is 16.5 Å². The lowest BCUT2D eigenvalue weighted by molar-refractivity contribution is -0.136. The van der Waals surface area contributed by atoms with E-state index in [4.69, 9.17) is 15.0 Å². The Morgan fingerprint density at radius 1 is 1.21 bits per heavy atom. The molecule has 0 aliphatic rings. The fraction of sp³-hybridized carbons (Fsp3) is 0.250. The van der Waals surface area contributed by atoms with Crippen molar-refractivity contribution < 1.29 is 19.0 Å². The molecule has 0 bridgehead atoms. The third-order valence-corrected chi connectivity index (χ3v) is 2.22. The third-order valence-electron chi connectivity index (χ3n) is 2.22. The Morgan fingerprint density at radius 2 is 1.79 bits per heavy atom. The molecule has 19 heavy (non-hydrogen) atoms. The first-order valence-electron chi connectivity index (χ1n) is 5.22. The van der Waals surface area contributed by atoms with Crippen molar-refractivity contribution in [2.24, 2.45) is 5.11 Å². The van der Waals surface area contributed by atoms with Crippen molar-refractivity contribution in [2.75, 3.05) is 21.3 Å². The Kier molecular flexibility index (Phi) is 5.25. The van der Waals surface area contributed by atoms with Gasteiger partial charge in [0.25, 0.3) is 0 Å². The van der Waals surface area contributed by atoms with Crippen molar-refractivity contribution in [3.05, 3.63) is 39.9 Å². The lowest BCUT2D eigenvalue weighted by atomic mass is 10.1. The van der Waals surface area contributed by atoms with Crippen LogP contribution in [0.15, 0.2) is 29.0 Å². The van der Waals surface area contributed by atoms with Gasteiger partial charge < -0.3 is 14.2 Å². The molecule has 0 aliphatic carbocycles. The van der Waals surface area contributed by atoms with Crippen LogP contribution in [0.2, 0.25) is 0 Å². The van der Waals surface area contributed by atoms with E-state index in [0.717, 1.165) is 0 Å². The summed E-state index contributed by atoms with van der Waals surface area (Å²) in [6.45, 7) is 0. The zero-order valence-corrected chi connectivity index (χ0v) is 10.8. The molecule has 0 N–H and O–H groups in total. The number of nitrogens with zero attached hydrogens (tertiary/aromatic N) is 3. The van der Waals surface area contributed by atoms with Crippen molar-refractivity contribution >= 4 is 12.0 Å². The molecule has 0 saturated carbocycles. The Bertz CT molecular complexity index is 526. The zero-order chi connectivity index (χ0) is 14.3. The average molecular weight is 263 g/mol. The number of methoxy groups -OCH3 is 3. The van der Waals surface area contributed by atoms with Crippen LogP contribution in [0.1, 0.15) is 5.56 Å². The minimum absolute atomic E-state index is 0.152. The second kappa shape index (κ2) is 6.93. The maximum absolute atomic E-state index is 11.4. The summed E-state index contributed by atoms with van der Waals surface area (Å²) in [6.07, 6.45) is 1.39. The van der Waals surface area contributed by atoms with E-state index in [2.05, 4.69) is 14.8 Å². The molecule has 0 atom stereocenters. The lowest BCUT2D eigenvalue weighted by Crippen LogP contribution is -2.02. The molecular formula is C12H13N3O4. The van der Waals surface area contributed by atoms with Gasteiger partial charge in [-0.1, -0.05) is 5.11 Å². The highest BCUT2D eigenvalue weighted by atomic mass is 16.5. The van der Waals surface area contributed by atoms with E-state index >= 15 is 0 Å². The van der Waals surface area contributed by atoms with Gasteiger partial charge in [0.15, 0.2) is 0 Å². The normalized spacial score (nSPS) is 10.4. The third kappa shape index (κ3) is 3.93. The van der Waals surface area contributed by atoms with Gasteiger partial charge in [-0.25, -0.2) is 4.79 Å². The van der Waals surface area contributed by atoms with E-state index in [-0.39, 0.29) is 5.70 Å². The quantitative estimate of drug-likeness (QED) is 0.268. The highest BCUT2D eigenvalue weighted by Gasteiger charge is 2.08. The number of esters is 1. The first-order valence-corrected chi connectivity index (χ1v) is 5.22. The van der Waals surface area contributed by atoms with Gasteiger partial charge in [0.1, 0.15) is 17.2 Å². The molecule has 0 amide bonds. The van der Waals surface area contributed by atoms with Gasteiger partial charge in [-0.2, -0.15) is 0 Å². The molecule has 0 saturated heterocycles. The number of hydrogen-bond acceptors (Lipinski definition) is 5. The summed E-state index contributed by atoms with van der Waals surface area (Å²) in [5, 5.41) is 3.29. The van der Waals surface area contributed by atoms with Crippen molar-refractivity contribution in [3.8, 4) is 11.5 Å². The van der Waals surface area contributed by atoms with E-state index in [9.17, 15) is 4.79 Å². The molecule has 100 valence electrons. The first-order chi connectivity index (χ1) is 9.14. The Labute approximate surface area is 110 Å². The highest BCUT2D eigenvalue weighted by molar-refractivity contribution is 5.93. The molecule has 7 nitrogen and oxygen atoms in total. The molecule has 0 unspecified atom stereocenters. The van der Waals surface area contributed by atoms with Gasteiger partial charge in [-0.05, 0) is 29.3 Å². The topological polar surface area (TPSA) is 93.5 Å². The van der Waals surface area contributed by atoms with Crippen molar-refractivity contribution in [1.82, 2.24) is 0 Å². The number of carbonyl (C=O) groups excluding carboxylic acids is 1. The predicted octanol–water partition coefficient (Wildman–Crippen LogP) is 2.53. The standard InChI is InChI=1S/C12H13N3O4/c1-17-9-4-8(5-10(7-9)18-2)6-11(14-15-13)12(16)19-3/h4-7H,1-3H3/b11-6-. The van der Waals surface area contributed by atoms with Gasteiger partial charge in [0.2, 0.25) is 0 Å². The maximum atomic E-state index is 11.4. The van der Waals surface area contributed by atoms with Gasteiger partial charge >= 0.3 is 5.97 Å². The van der Waals surface area contributed by atoms with E-state index in [1.807, 2.05) is 0 Å². The molecule has 0 heterocycles. The summed E-state index contributed by atoms with van der Waals surface area (Å²) in [5.74, 6) is 0.381. The first kappa shape index (κ1) is 14.4. The number of azide groups is 1. The highest BCUT2D eigenvalue weighted by Crippen LogP contribution is 2.24. The fourth-order valence-corrected chi connectivity index (χ4v) is 1.35. The minimum atomic E-state index is -0.723. The molecule has 1 rings (SSSR count). The largest absolute Gasteiger partial charge is 0.497 e. The van der Waals surface area contributed by atoms with Gasteiger partial charge in [-0.3, -0.25) is 0 Å². The summed E-state index contributed by atoms with van der Waals surface area (Å²) in [7, 11) is 4.23. The Hall–Kier alpha value is -2.66. The lowest BCUT2D eigenvalue weighted by Gasteiger charge is -2.06. The summed E-state index contributed by atoms with van der Waals surface area (Å²) in [6, 6.07) is 5.01. The molecule has 0 spiro atoms. The predicted molar refractivity (Wildman–Crippen MR) is 68.7 cm³/mol. The molecule has 0 aromatic heterocycles. The molecule has 0 aliphatic heterocycles. The van der Waals surface area contributed by atoms with Crippen molar-refractivity contribution in [3.63, 3.8) is 0 Å². The number of benzene rings is 1. The second-order valence-corrected chi connectivity index (χ2v) is 3.36. The second-order valence-electron chi connectivity index (χ2n) is 3.36. The average Bonchev–Trinajstić information content (AvgIpc) is 2.45. The molecule has 0 radical (unpaired) electrons. The Morgan fingerprint density at radius 3 is 2.21 bits per heavy atom. The van der Waals surface area contributed by atoms with Crippen LogP contribution < -0.4 is 9.47 Å². The summed E-state index contributed by atoms with van der Waals surface area (Å²) >= 11 is 0. The number of hydrogen-bond donors (Lipinski definition) is 0. The van der Waals surface area contributed by atoms with Crippen LogP contribution in [0, 0.1) is 0 Å². The van der Waals surface area contributed by atoms with E-state index in [1.165, 1.54) is 27.4 Å². The summed E-state index contributed by atoms with van der Waals surface area (Å²) < 4.78 is 14.7. The van der Waals surface area contributed by atoms with Gasteiger partial charge in [0.05, 0.1) is 21.3 Å². The Balaban J connectivity index is 3.26. The summed E-state index contributed by atoms with van der Waals surface area (Å²) in [5.41, 5.74) is 8.86. The van der Waals surface area contributed by atoms with Crippen molar-refractivity contribution in [2.45, 2.75) is 0 Å². The molecular weight excluding hydrogens is 250 g/mol. The van der Waals surface area contributed by atoms with E-state index < -0.39 is 5.97 Å². The van der Waals surface area contributed by atoms with Crippen LogP contribution in [-0.4, -0.2) is 27.3 Å². The smallest absolute Gasteiger partial charge is 0.340 e. The van der Waals surface area contributed by atoms with Crippen LogP contribution in [-0.2, 0) is 9.53 Å². The number of carbonyl (C=O) groups is 1. The number of rotatable bonds is 5. The summed E-state index contributed by atoms with van der Waals surface area (Å²) in [4.78, 5) is 14.0. The molecule has 7 heteroatoms. The molecule has 0 fully saturated rings. The van der Waals surface area contributed by atoms with Crippen molar-refractivity contribution in [1.29, 1.82) is 0 Å². The SMILES string of the molecule is COC(=O)/C(=C/c1cc(OC)cc(OC)c1)N=[N+]=[N-]. The molecule has 1 aromatic carbocycles. The fourth-order valence-electron chi connectivity index (χ4n) is 1.35. The van der Waals surface area contributed by atoms with Gasteiger partial charge in [-0.15, -0.1) is 0 Å². The molecule has 1 aromatic rings. The van der Waals surface area contributed by atoms with Crippen LogP contribution >= 0.6 is 0 Å².